The lowest BCUT2D eigenvalue weighted by molar-refractivity contribution is -0.157. The van der Waals surface area contributed by atoms with Crippen molar-refractivity contribution in [2.45, 2.75) is 19.8 Å². The van der Waals surface area contributed by atoms with Crippen LogP contribution in [0.5, 0.6) is 0 Å². The van der Waals surface area contributed by atoms with Crippen molar-refractivity contribution in [3.05, 3.63) is 25.3 Å². The van der Waals surface area contributed by atoms with Crippen LogP contribution in [-0.4, -0.2) is 23.7 Å². The maximum atomic E-state index is 11.6. The zero-order valence-corrected chi connectivity index (χ0v) is 9.52. The summed E-state index contributed by atoms with van der Waals surface area (Å²) in [5.41, 5.74) is 0. The summed E-state index contributed by atoms with van der Waals surface area (Å²) in [7, 11) is 0. The molecule has 0 aromatic rings. The Bertz CT molecular complexity index is 270. The minimum absolute atomic E-state index is 0.107. The number of rotatable bonds is 8. The summed E-state index contributed by atoms with van der Waals surface area (Å²) in [6.45, 7) is 8.78. The molecule has 0 aliphatic heterocycles. The van der Waals surface area contributed by atoms with Gasteiger partial charge in [-0.05, 0) is 12.8 Å². The highest BCUT2D eigenvalue weighted by Crippen LogP contribution is 2.22. The molecule has 4 nitrogen and oxygen atoms in total. The van der Waals surface area contributed by atoms with Gasteiger partial charge in [0, 0.05) is 0 Å². The normalized spacial score (nSPS) is 13.6. The predicted octanol–water partition coefficient (Wildman–Crippen LogP) is 2.02. The molecule has 0 bridgehead atoms. The van der Waals surface area contributed by atoms with Gasteiger partial charge in [0.25, 0.3) is 0 Å². The molecule has 2 atom stereocenters. The molecule has 0 amide bonds. The van der Waals surface area contributed by atoms with Crippen LogP contribution in [0.2, 0.25) is 0 Å². The summed E-state index contributed by atoms with van der Waals surface area (Å²) in [5, 5.41) is 9.00. The van der Waals surface area contributed by atoms with Crippen LogP contribution in [-0.2, 0) is 14.3 Å². The molecular weight excluding hydrogens is 208 g/mol. The molecule has 0 aromatic carbocycles. The second-order valence-corrected chi connectivity index (χ2v) is 3.40. The third-order valence-corrected chi connectivity index (χ3v) is 2.31. The summed E-state index contributed by atoms with van der Waals surface area (Å²) < 4.78 is 4.87. The van der Waals surface area contributed by atoms with Crippen LogP contribution in [0.1, 0.15) is 19.8 Å². The number of aliphatic carboxylic acids is 1. The summed E-state index contributed by atoms with van der Waals surface area (Å²) in [5.74, 6) is -2.88. The number of carboxylic acids is 1. The van der Waals surface area contributed by atoms with Crippen LogP contribution in [0.25, 0.3) is 0 Å². The van der Waals surface area contributed by atoms with Crippen LogP contribution in [0.3, 0.4) is 0 Å². The fourth-order valence-corrected chi connectivity index (χ4v) is 1.48. The number of carboxylic acid groups (broad SMARTS) is 1. The van der Waals surface area contributed by atoms with Crippen molar-refractivity contribution < 1.29 is 19.4 Å². The molecule has 0 aliphatic carbocycles. The van der Waals surface area contributed by atoms with Crippen molar-refractivity contribution in [2.75, 3.05) is 6.61 Å². The van der Waals surface area contributed by atoms with E-state index in [4.69, 9.17) is 9.84 Å². The van der Waals surface area contributed by atoms with Gasteiger partial charge in [-0.1, -0.05) is 25.7 Å². The Balaban J connectivity index is 4.63. The maximum Gasteiger partial charge on any atom is 0.310 e. The summed E-state index contributed by atoms with van der Waals surface area (Å²) in [6.07, 6.45) is 3.65. The van der Waals surface area contributed by atoms with E-state index in [0.717, 1.165) is 0 Å². The largest absolute Gasteiger partial charge is 0.481 e. The molecule has 0 aromatic heterocycles. The number of allylic oxidation sites excluding steroid dienone is 1. The minimum atomic E-state index is -0.998. The smallest absolute Gasteiger partial charge is 0.310 e. The second-order valence-electron chi connectivity index (χ2n) is 3.40. The molecule has 0 rings (SSSR count). The van der Waals surface area contributed by atoms with Gasteiger partial charge in [-0.3, -0.25) is 9.59 Å². The molecular formula is C12H18O4. The monoisotopic (exact) mass is 226 g/mol. The molecule has 1 N–H and O–H groups in total. The molecule has 0 saturated heterocycles. The van der Waals surface area contributed by atoms with Gasteiger partial charge >= 0.3 is 11.9 Å². The topological polar surface area (TPSA) is 63.6 Å². The van der Waals surface area contributed by atoms with Crippen molar-refractivity contribution in [1.82, 2.24) is 0 Å². The van der Waals surface area contributed by atoms with Gasteiger partial charge < -0.3 is 9.84 Å². The Morgan fingerprint density at radius 3 is 2.31 bits per heavy atom. The van der Waals surface area contributed by atoms with Gasteiger partial charge in [-0.2, -0.15) is 0 Å². The quantitative estimate of drug-likeness (QED) is 0.508. The zero-order valence-electron chi connectivity index (χ0n) is 9.52. The molecule has 0 aliphatic rings. The van der Waals surface area contributed by atoms with E-state index in [9.17, 15) is 9.59 Å². The first-order chi connectivity index (χ1) is 7.58. The third-order valence-electron chi connectivity index (χ3n) is 2.31. The molecule has 4 heteroatoms. The van der Waals surface area contributed by atoms with E-state index in [1.54, 1.807) is 6.92 Å². The first kappa shape index (κ1) is 14.4. The first-order valence-corrected chi connectivity index (χ1v) is 5.19. The average molecular weight is 226 g/mol. The van der Waals surface area contributed by atoms with Gasteiger partial charge in [-0.15, -0.1) is 6.58 Å². The molecule has 0 radical (unpaired) electrons. The number of esters is 1. The highest BCUT2D eigenvalue weighted by atomic mass is 16.5. The zero-order chi connectivity index (χ0) is 12.6. The van der Waals surface area contributed by atoms with Crippen molar-refractivity contribution >= 4 is 11.9 Å². The highest BCUT2D eigenvalue weighted by molar-refractivity contribution is 5.81. The minimum Gasteiger partial charge on any atom is -0.481 e. The summed E-state index contributed by atoms with van der Waals surface area (Å²) in [4.78, 5) is 22.6. The summed E-state index contributed by atoms with van der Waals surface area (Å²) in [6, 6.07) is 0. The fraction of sp³-hybridized carbons (Fsp3) is 0.500. The van der Waals surface area contributed by atoms with E-state index >= 15 is 0 Å². The van der Waals surface area contributed by atoms with Gasteiger partial charge in [0.05, 0.1) is 11.8 Å². The van der Waals surface area contributed by atoms with Crippen LogP contribution >= 0.6 is 0 Å². The molecule has 0 saturated carbocycles. The van der Waals surface area contributed by atoms with Crippen molar-refractivity contribution in [3.63, 3.8) is 0 Å². The van der Waals surface area contributed by atoms with Gasteiger partial charge in [0.15, 0.2) is 0 Å². The van der Waals surface area contributed by atoms with Crippen molar-refractivity contribution in [1.29, 1.82) is 0 Å². The standard InChI is InChI=1S/C12H18O4/c1-4-7-10(11(13)14)9(6-3)12(15)16-8-5-2/h4-5,9-10H,1-2,6-8H2,3H3,(H,13,14)/t9-,10+/m1/s1. The Morgan fingerprint density at radius 1 is 1.31 bits per heavy atom. The highest BCUT2D eigenvalue weighted by Gasteiger charge is 2.32. The lowest BCUT2D eigenvalue weighted by Gasteiger charge is -2.19. The first-order valence-electron chi connectivity index (χ1n) is 5.19. The van der Waals surface area contributed by atoms with Gasteiger partial charge in [0.2, 0.25) is 0 Å². The van der Waals surface area contributed by atoms with E-state index in [-0.39, 0.29) is 13.0 Å². The van der Waals surface area contributed by atoms with Crippen LogP contribution in [0, 0.1) is 11.8 Å². The van der Waals surface area contributed by atoms with E-state index in [1.165, 1.54) is 12.2 Å². The van der Waals surface area contributed by atoms with E-state index in [1.807, 2.05) is 0 Å². The molecule has 90 valence electrons. The Kier molecular flexibility index (Phi) is 6.92. The number of ether oxygens (including phenoxy) is 1. The number of hydrogen-bond acceptors (Lipinski definition) is 3. The molecule has 0 heterocycles. The second kappa shape index (κ2) is 7.68. The number of carbonyl (C=O) groups excluding carboxylic acids is 1. The third kappa shape index (κ3) is 4.29. The average Bonchev–Trinajstić information content (AvgIpc) is 2.25. The van der Waals surface area contributed by atoms with E-state index < -0.39 is 23.8 Å². The lowest BCUT2D eigenvalue weighted by Crippen LogP contribution is -2.30. The number of hydrogen-bond donors (Lipinski definition) is 1. The molecule has 0 unspecified atom stereocenters. The number of carbonyl (C=O) groups is 2. The Labute approximate surface area is 95.6 Å². The molecule has 0 spiro atoms. The van der Waals surface area contributed by atoms with Gasteiger partial charge in [-0.25, -0.2) is 0 Å². The predicted molar refractivity (Wildman–Crippen MR) is 60.9 cm³/mol. The van der Waals surface area contributed by atoms with E-state index in [2.05, 4.69) is 13.2 Å². The van der Waals surface area contributed by atoms with Crippen LogP contribution in [0.4, 0.5) is 0 Å². The van der Waals surface area contributed by atoms with Crippen molar-refractivity contribution in [3.8, 4) is 0 Å². The SMILES string of the molecule is C=CCOC(=O)[C@H](CC)[C@H](CC=C)C(=O)O. The fourth-order valence-electron chi connectivity index (χ4n) is 1.48. The van der Waals surface area contributed by atoms with Crippen molar-refractivity contribution in [2.24, 2.45) is 11.8 Å². The maximum absolute atomic E-state index is 11.6. The molecule has 0 fully saturated rings. The Hall–Kier alpha value is -1.58. The van der Waals surface area contributed by atoms with Crippen LogP contribution in [0.15, 0.2) is 25.3 Å². The lowest BCUT2D eigenvalue weighted by atomic mass is 9.87. The van der Waals surface area contributed by atoms with E-state index in [0.29, 0.717) is 6.42 Å². The molecule has 16 heavy (non-hydrogen) atoms. The van der Waals surface area contributed by atoms with Crippen LogP contribution < -0.4 is 0 Å². The summed E-state index contributed by atoms with van der Waals surface area (Å²) >= 11 is 0. The van der Waals surface area contributed by atoms with Gasteiger partial charge in [0.1, 0.15) is 6.61 Å². The Morgan fingerprint density at radius 2 is 1.94 bits per heavy atom.